The van der Waals surface area contributed by atoms with Gasteiger partial charge in [0.15, 0.2) is 0 Å². The molecule has 0 aromatic carbocycles. The molecule has 7 nitrogen and oxygen atoms in total. The lowest BCUT2D eigenvalue weighted by molar-refractivity contribution is 0.302. The van der Waals surface area contributed by atoms with Crippen LogP contribution in [0.5, 0.6) is 0 Å². The van der Waals surface area contributed by atoms with E-state index in [1.54, 1.807) is 16.7 Å². The maximum absolute atomic E-state index is 12.6. The topological polar surface area (TPSA) is 73.0 Å². The van der Waals surface area contributed by atoms with Crippen LogP contribution in [0.15, 0.2) is 30.9 Å². The summed E-state index contributed by atoms with van der Waals surface area (Å²) in [5, 5.41) is 4.06. The van der Waals surface area contributed by atoms with E-state index < -0.39 is 10.0 Å². The van der Waals surface area contributed by atoms with Crippen LogP contribution >= 0.6 is 0 Å². The van der Waals surface area contributed by atoms with Crippen molar-refractivity contribution in [1.29, 1.82) is 0 Å². The molecule has 0 N–H and O–H groups in total. The first-order chi connectivity index (χ1) is 10.6. The van der Waals surface area contributed by atoms with Crippen LogP contribution in [0.25, 0.3) is 0 Å². The minimum atomic E-state index is -3.19. The van der Waals surface area contributed by atoms with E-state index in [1.807, 2.05) is 23.1 Å². The van der Waals surface area contributed by atoms with Gasteiger partial charge in [0.25, 0.3) is 0 Å². The highest BCUT2D eigenvalue weighted by Gasteiger charge is 2.42. The highest BCUT2D eigenvalue weighted by Crippen LogP contribution is 2.33. The molecule has 1 aliphatic carbocycles. The van der Waals surface area contributed by atoms with Crippen molar-refractivity contribution in [3.63, 3.8) is 0 Å². The molecule has 1 fully saturated rings. The van der Waals surface area contributed by atoms with Gasteiger partial charge in [-0.1, -0.05) is 0 Å². The molecule has 2 aliphatic rings. The molecule has 0 saturated heterocycles. The number of hydrogen-bond donors (Lipinski definition) is 0. The van der Waals surface area contributed by atoms with Crippen molar-refractivity contribution in [1.82, 2.24) is 23.6 Å². The summed E-state index contributed by atoms with van der Waals surface area (Å²) >= 11 is 0. The van der Waals surface area contributed by atoms with E-state index in [-0.39, 0.29) is 11.2 Å². The smallest absolute Gasteiger partial charge is 0.217 e. The van der Waals surface area contributed by atoms with E-state index in [0.717, 1.165) is 25.2 Å². The number of hydrogen-bond acceptors (Lipinski definition) is 4. The largest absolute Gasteiger partial charge is 0.333 e. The Balaban J connectivity index is 1.62. The van der Waals surface area contributed by atoms with Gasteiger partial charge in [-0.15, -0.1) is 0 Å². The summed E-state index contributed by atoms with van der Waals surface area (Å²) in [6, 6.07) is 1.89. The van der Waals surface area contributed by atoms with Gasteiger partial charge in [0, 0.05) is 50.3 Å². The lowest BCUT2D eigenvalue weighted by Gasteiger charge is -2.23. The maximum Gasteiger partial charge on any atom is 0.217 e. The third kappa shape index (κ3) is 2.56. The van der Waals surface area contributed by atoms with Crippen LogP contribution in [0.1, 0.15) is 18.7 Å². The van der Waals surface area contributed by atoms with Gasteiger partial charge in [0.2, 0.25) is 10.0 Å². The van der Waals surface area contributed by atoms with E-state index in [9.17, 15) is 8.42 Å². The molecule has 1 aliphatic heterocycles. The summed E-state index contributed by atoms with van der Waals surface area (Å²) in [5.41, 5.74) is 0. The lowest BCUT2D eigenvalue weighted by Crippen LogP contribution is -2.37. The van der Waals surface area contributed by atoms with Crippen molar-refractivity contribution in [2.45, 2.75) is 37.7 Å². The third-order valence-electron chi connectivity index (χ3n) is 4.35. The Bertz CT molecular complexity index is 748. The number of nitrogens with zero attached hydrogens (tertiary/aromatic N) is 5. The molecule has 4 rings (SSSR count). The van der Waals surface area contributed by atoms with Crippen molar-refractivity contribution in [3.8, 4) is 0 Å². The molecule has 22 heavy (non-hydrogen) atoms. The first-order valence-corrected chi connectivity index (χ1v) is 9.09. The molecule has 0 spiro atoms. The standard InChI is InChI=1S/C14H19N5O2S/c20-22(21,13-2-3-13)19-10-12(9-18-6-1-4-16-18)8-17-7-5-15-14(17)11-19/h1,4-7,12-13H,2-3,8-11H2. The fraction of sp³-hybridized carbons (Fsp3) is 0.571. The quantitative estimate of drug-likeness (QED) is 0.831. The Hall–Kier alpha value is -1.67. The molecule has 1 saturated carbocycles. The van der Waals surface area contributed by atoms with Gasteiger partial charge in [-0.05, 0) is 18.9 Å². The molecule has 2 aromatic heterocycles. The summed E-state index contributed by atoms with van der Waals surface area (Å²) in [6.07, 6.45) is 8.91. The Morgan fingerprint density at radius 1 is 1.18 bits per heavy atom. The van der Waals surface area contributed by atoms with Crippen LogP contribution in [-0.2, 0) is 29.7 Å². The number of fused-ring (bicyclic) bond motifs is 1. The predicted molar refractivity (Wildman–Crippen MR) is 80.3 cm³/mol. The van der Waals surface area contributed by atoms with Crippen molar-refractivity contribution in [2.75, 3.05) is 6.54 Å². The predicted octanol–water partition coefficient (Wildman–Crippen LogP) is 0.704. The van der Waals surface area contributed by atoms with Crippen LogP contribution in [0.2, 0.25) is 0 Å². The van der Waals surface area contributed by atoms with Crippen LogP contribution in [0.3, 0.4) is 0 Å². The summed E-state index contributed by atoms with van der Waals surface area (Å²) < 4.78 is 30.9. The number of rotatable bonds is 4. The zero-order chi connectivity index (χ0) is 15.2. The van der Waals surface area contributed by atoms with Crippen molar-refractivity contribution in [3.05, 3.63) is 36.7 Å². The Morgan fingerprint density at radius 2 is 2.05 bits per heavy atom. The van der Waals surface area contributed by atoms with Crippen LogP contribution < -0.4 is 0 Å². The number of imidazole rings is 1. The summed E-state index contributed by atoms with van der Waals surface area (Å²) in [4.78, 5) is 4.33. The van der Waals surface area contributed by atoms with Gasteiger partial charge in [-0.3, -0.25) is 4.68 Å². The Morgan fingerprint density at radius 3 is 2.77 bits per heavy atom. The minimum Gasteiger partial charge on any atom is -0.333 e. The lowest BCUT2D eigenvalue weighted by atomic mass is 10.1. The molecule has 2 aromatic rings. The fourth-order valence-electron chi connectivity index (χ4n) is 3.06. The van der Waals surface area contributed by atoms with Gasteiger partial charge >= 0.3 is 0 Å². The molecule has 0 bridgehead atoms. The Labute approximate surface area is 129 Å². The molecule has 8 heteroatoms. The van der Waals surface area contributed by atoms with Crippen LogP contribution in [0.4, 0.5) is 0 Å². The van der Waals surface area contributed by atoms with Gasteiger partial charge in [0.1, 0.15) is 5.82 Å². The second kappa shape index (κ2) is 5.20. The highest BCUT2D eigenvalue weighted by atomic mass is 32.2. The normalized spacial score (nSPS) is 23.2. The van der Waals surface area contributed by atoms with Crippen LogP contribution in [0, 0.1) is 5.92 Å². The summed E-state index contributed by atoms with van der Waals surface area (Å²) in [6.45, 7) is 2.39. The SMILES string of the molecule is O=S(=O)(C1CC1)N1Cc2nccn2CC(Cn2cccn2)C1. The second-order valence-electron chi connectivity index (χ2n) is 6.13. The van der Waals surface area contributed by atoms with Gasteiger partial charge in [0.05, 0.1) is 11.8 Å². The van der Waals surface area contributed by atoms with Crippen molar-refractivity contribution in [2.24, 2.45) is 5.92 Å². The van der Waals surface area contributed by atoms with Gasteiger partial charge < -0.3 is 4.57 Å². The monoisotopic (exact) mass is 321 g/mol. The van der Waals surface area contributed by atoms with Gasteiger partial charge in [-0.25, -0.2) is 13.4 Å². The fourth-order valence-corrected chi connectivity index (χ4v) is 4.93. The number of sulfonamides is 1. The highest BCUT2D eigenvalue weighted by molar-refractivity contribution is 7.90. The first-order valence-electron chi connectivity index (χ1n) is 7.59. The number of aromatic nitrogens is 4. The minimum absolute atomic E-state index is 0.181. The average Bonchev–Trinajstić information content (AvgIpc) is 3.14. The Kier molecular flexibility index (Phi) is 3.30. The first kappa shape index (κ1) is 14.0. The molecule has 0 radical (unpaired) electrons. The van der Waals surface area contributed by atoms with E-state index >= 15 is 0 Å². The maximum atomic E-state index is 12.6. The summed E-state index contributed by atoms with van der Waals surface area (Å²) in [5.74, 6) is 1.01. The summed E-state index contributed by atoms with van der Waals surface area (Å²) in [7, 11) is -3.19. The van der Waals surface area contributed by atoms with Crippen LogP contribution in [-0.4, -0.2) is 43.8 Å². The third-order valence-corrected chi connectivity index (χ3v) is 6.66. The van der Waals surface area contributed by atoms with Crippen molar-refractivity contribution < 1.29 is 8.42 Å². The van der Waals surface area contributed by atoms with Crippen molar-refractivity contribution >= 4 is 10.0 Å². The zero-order valence-electron chi connectivity index (χ0n) is 12.2. The molecule has 118 valence electrons. The van der Waals surface area contributed by atoms with Gasteiger partial charge in [-0.2, -0.15) is 9.40 Å². The average molecular weight is 321 g/mol. The molecule has 0 amide bonds. The molecule has 1 unspecified atom stereocenters. The second-order valence-corrected chi connectivity index (χ2v) is 8.34. The van der Waals surface area contributed by atoms with E-state index in [4.69, 9.17) is 0 Å². The van der Waals surface area contributed by atoms with E-state index in [1.165, 1.54) is 0 Å². The molecular formula is C14H19N5O2S. The molecule has 1 atom stereocenters. The van der Waals surface area contributed by atoms with E-state index in [2.05, 4.69) is 14.6 Å². The molecular weight excluding hydrogens is 302 g/mol. The van der Waals surface area contributed by atoms with E-state index in [0.29, 0.717) is 19.6 Å². The molecule has 3 heterocycles. The zero-order valence-corrected chi connectivity index (χ0v) is 13.1.